The van der Waals surface area contributed by atoms with Gasteiger partial charge in [-0.3, -0.25) is 9.59 Å². The number of aromatic hydroxyl groups is 1. The lowest BCUT2D eigenvalue weighted by atomic mass is 10.1. The number of benzene rings is 2. The number of amides is 1. The van der Waals surface area contributed by atoms with E-state index >= 15 is 0 Å². The Morgan fingerprint density at radius 2 is 1.93 bits per heavy atom. The maximum Gasteiger partial charge on any atom is 0.336 e. The van der Waals surface area contributed by atoms with Crippen LogP contribution >= 0.6 is 0 Å². The van der Waals surface area contributed by atoms with Crippen LogP contribution in [0.2, 0.25) is 0 Å². The Morgan fingerprint density at radius 3 is 2.72 bits per heavy atom. The average Bonchev–Trinajstić information content (AvgIpc) is 2.70. The van der Waals surface area contributed by atoms with Gasteiger partial charge in [0.15, 0.2) is 0 Å². The fourth-order valence-corrected chi connectivity index (χ4v) is 2.73. The van der Waals surface area contributed by atoms with Gasteiger partial charge < -0.3 is 24.3 Å². The van der Waals surface area contributed by atoms with E-state index in [0.29, 0.717) is 28.9 Å². The van der Waals surface area contributed by atoms with E-state index in [9.17, 15) is 19.5 Å². The summed E-state index contributed by atoms with van der Waals surface area (Å²) in [6.07, 6.45) is 0. The summed E-state index contributed by atoms with van der Waals surface area (Å²) in [5.74, 6) is -0.767. The Bertz CT molecular complexity index is 1100. The second-order valence-electron chi connectivity index (χ2n) is 6.04. The predicted octanol–water partition coefficient (Wildman–Crippen LogP) is 2.37. The van der Waals surface area contributed by atoms with E-state index in [1.54, 1.807) is 37.3 Å². The number of hydrogen-bond acceptors (Lipinski definition) is 7. The van der Waals surface area contributed by atoms with Crippen LogP contribution in [0.4, 0.5) is 0 Å². The Hall–Kier alpha value is -3.81. The predicted molar refractivity (Wildman–Crippen MR) is 104 cm³/mol. The first-order valence-electron chi connectivity index (χ1n) is 8.89. The van der Waals surface area contributed by atoms with Crippen molar-refractivity contribution in [2.24, 2.45) is 0 Å². The van der Waals surface area contributed by atoms with Crippen molar-refractivity contribution in [2.75, 3.05) is 13.2 Å². The Kier molecular flexibility index (Phi) is 6.13. The fraction of sp³-hybridized carbons (Fsp3) is 0.190. The van der Waals surface area contributed by atoms with Gasteiger partial charge >= 0.3 is 11.6 Å². The highest BCUT2D eigenvalue weighted by Crippen LogP contribution is 2.22. The van der Waals surface area contributed by atoms with Crippen LogP contribution in [-0.4, -0.2) is 30.1 Å². The lowest BCUT2D eigenvalue weighted by molar-refractivity contribution is -0.143. The van der Waals surface area contributed by atoms with Crippen molar-refractivity contribution in [1.82, 2.24) is 5.32 Å². The lowest BCUT2D eigenvalue weighted by Gasteiger charge is -2.11. The molecule has 0 fully saturated rings. The number of para-hydroxylation sites is 1. The van der Waals surface area contributed by atoms with Crippen LogP contribution in [-0.2, 0) is 16.1 Å². The molecule has 0 aliphatic rings. The average molecular weight is 397 g/mol. The molecule has 0 aliphatic carbocycles. The number of phenolic OH excluding ortho intramolecular Hbond substituents is 1. The molecular formula is C21H19NO7. The lowest BCUT2D eigenvalue weighted by Crippen LogP contribution is -2.31. The monoisotopic (exact) mass is 397 g/mol. The number of carbonyl (C=O) groups is 2. The van der Waals surface area contributed by atoms with Crippen molar-refractivity contribution in [3.63, 3.8) is 0 Å². The molecule has 0 spiro atoms. The molecule has 2 aromatic carbocycles. The molecule has 8 nitrogen and oxygen atoms in total. The highest BCUT2D eigenvalue weighted by molar-refractivity contribution is 5.98. The molecule has 8 heteroatoms. The Balaban J connectivity index is 1.62. The van der Waals surface area contributed by atoms with Crippen molar-refractivity contribution >= 4 is 22.8 Å². The topological polar surface area (TPSA) is 115 Å². The second kappa shape index (κ2) is 8.92. The first-order chi connectivity index (χ1) is 14.0. The number of phenols is 1. The molecule has 0 saturated carbocycles. The summed E-state index contributed by atoms with van der Waals surface area (Å²) >= 11 is 0. The van der Waals surface area contributed by atoms with E-state index in [4.69, 9.17) is 13.9 Å². The van der Waals surface area contributed by atoms with E-state index in [0.717, 1.165) is 0 Å². The number of hydrogen-bond donors (Lipinski definition) is 2. The first kappa shape index (κ1) is 19.9. The van der Waals surface area contributed by atoms with Crippen LogP contribution < -0.4 is 15.7 Å². The second-order valence-corrected chi connectivity index (χ2v) is 6.04. The fourth-order valence-electron chi connectivity index (χ4n) is 2.73. The first-order valence-corrected chi connectivity index (χ1v) is 8.89. The highest BCUT2D eigenvalue weighted by atomic mass is 16.5. The van der Waals surface area contributed by atoms with Crippen LogP contribution in [0, 0.1) is 0 Å². The number of ether oxygens (including phenoxy) is 2. The van der Waals surface area contributed by atoms with Gasteiger partial charge in [-0.25, -0.2) is 4.79 Å². The molecular weight excluding hydrogens is 378 g/mol. The summed E-state index contributed by atoms with van der Waals surface area (Å²) < 4.78 is 15.6. The van der Waals surface area contributed by atoms with E-state index in [-0.39, 0.29) is 24.5 Å². The van der Waals surface area contributed by atoms with Crippen LogP contribution in [0.15, 0.2) is 57.7 Å². The number of carbonyl (C=O) groups excluding carboxylic acids is 2. The SMILES string of the molecule is CCOc1ccccc1C(=O)NCC(=O)OCc1cc(=O)oc2cc(O)ccc12. The van der Waals surface area contributed by atoms with Gasteiger partial charge in [0.2, 0.25) is 0 Å². The van der Waals surface area contributed by atoms with Crippen LogP contribution in [0.5, 0.6) is 11.5 Å². The van der Waals surface area contributed by atoms with Crippen molar-refractivity contribution in [3.05, 3.63) is 70.1 Å². The van der Waals surface area contributed by atoms with Crippen LogP contribution in [0.25, 0.3) is 11.0 Å². The molecule has 150 valence electrons. The minimum absolute atomic E-state index is 0.0511. The molecule has 1 aromatic heterocycles. The van der Waals surface area contributed by atoms with E-state index in [2.05, 4.69) is 5.32 Å². The van der Waals surface area contributed by atoms with Crippen molar-refractivity contribution in [1.29, 1.82) is 0 Å². The molecule has 29 heavy (non-hydrogen) atoms. The van der Waals surface area contributed by atoms with Gasteiger partial charge in [-0.15, -0.1) is 0 Å². The minimum atomic E-state index is -0.674. The zero-order valence-corrected chi connectivity index (χ0v) is 15.6. The van der Waals surface area contributed by atoms with E-state index < -0.39 is 17.5 Å². The minimum Gasteiger partial charge on any atom is -0.508 e. The van der Waals surface area contributed by atoms with Gasteiger partial charge in [0.1, 0.15) is 30.2 Å². The van der Waals surface area contributed by atoms with Crippen molar-refractivity contribution in [3.8, 4) is 11.5 Å². The maximum absolute atomic E-state index is 12.3. The van der Waals surface area contributed by atoms with Gasteiger partial charge in [0.25, 0.3) is 5.91 Å². The zero-order chi connectivity index (χ0) is 20.8. The van der Waals surface area contributed by atoms with Gasteiger partial charge in [0, 0.05) is 23.1 Å². The summed E-state index contributed by atoms with van der Waals surface area (Å²) in [5, 5.41) is 12.5. The van der Waals surface area contributed by atoms with Gasteiger partial charge in [-0.05, 0) is 31.2 Å². The third kappa shape index (κ3) is 4.92. The quantitative estimate of drug-likeness (QED) is 0.464. The van der Waals surface area contributed by atoms with Crippen LogP contribution in [0.1, 0.15) is 22.8 Å². The molecule has 0 bridgehead atoms. The number of esters is 1. The van der Waals surface area contributed by atoms with Gasteiger partial charge in [-0.1, -0.05) is 12.1 Å². The molecule has 0 unspecified atom stereocenters. The maximum atomic E-state index is 12.3. The Morgan fingerprint density at radius 1 is 1.14 bits per heavy atom. The molecule has 2 N–H and O–H groups in total. The van der Waals surface area contributed by atoms with E-state index in [1.807, 2.05) is 0 Å². The zero-order valence-electron chi connectivity index (χ0n) is 15.6. The molecule has 1 heterocycles. The summed E-state index contributed by atoms with van der Waals surface area (Å²) in [6.45, 7) is 1.68. The van der Waals surface area contributed by atoms with Crippen molar-refractivity contribution in [2.45, 2.75) is 13.5 Å². The summed E-state index contributed by atoms with van der Waals surface area (Å²) in [7, 11) is 0. The third-order valence-electron chi connectivity index (χ3n) is 4.03. The normalized spacial score (nSPS) is 10.5. The molecule has 3 aromatic rings. The molecule has 0 saturated heterocycles. The molecule has 3 rings (SSSR count). The standard InChI is InChI=1S/C21H19NO7/c1-2-27-17-6-4-3-5-16(17)21(26)22-11-20(25)28-12-13-9-19(24)29-18-10-14(23)7-8-15(13)18/h3-10,23H,2,11-12H2,1H3,(H,22,26). The van der Waals surface area contributed by atoms with E-state index in [1.165, 1.54) is 18.2 Å². The molecule has 0 aliphatic heterocycles. The Labute approximate surface area is 165 Å². The smallest absolute Gasteiger partial charge is 0.336 e. The summed E-state index contributed by atoms with van der Waals surface area (Å²) in [5.41, 5.74) is 0.297. The van der Waals surface area contributed by atoms with Crippen molar-refractivity contribution < 1.29 is 28.6 Å². The number of nitrogens with one attached hydrogen (secondary N) is 1. The number of rotatable bonds is 7. The largest absolute Gasteiger partial charge is 0.508 e. The molecule has 1 amide bonds. The number of fused-ring (bicyclic) bond motifs is 1. The van der Waals surface area contributed by atoms with Crippen LogP contribution in [0.3, 0.4) is 0 Å². The van der Waals surface area contributed by atoms with Gasteiger partial charge in [-0.2, -0.15) is 0 Å². The highest BCUT2D eigenvalue weighted by Gasteiger charge is 2.14. The molecule has 0 atom stereocenters. The third-order valence-corrected chi connectivity index (χ3v) is 4.03. The molecule has 0 radical (unpaired) electrons. The summed E-state index contributed by atoms with van der Waals surface area (Å²) in [4.78, 5) is 36.0. The summed E-state index contributed by atoms with van der Waals surface area (Å²) in [6, 6.07) is 12.2. The van der Waals surface area contributed by atoms with Gasteiger partial charge in [0.05, 0.1) is 12.2 Å².